The molecular weight excluding hydrogens is 352 g/mol. The van der Waals surface area contributed by atoms with E-state index in [4.69, 9.17) is 5.73 Å². The molecule has 21 heavy (non-hydrogen) atoms. The number of hydrogen-bond donors (Lipinski definition) is 2. The molecule has 1 aliphatic rings. The zero-order chi connectivity index (χ0) is 14.5. The van der Waals surface area contributed by atoms with Crippen molar-refractivity contribution in [2.75, 3.05) is 6.54 Å². The average Bonchev–Trinajstić information content (AvgIpc) is 2.89. The fraction of sp³-hybridized carbons (Fsp3) is 0.562. The van der Waals surface area contributed by atoms with E-state index < -0.39 is 0 Å². The van der Waals surface area contributed by atoms with Crippen molar-refractivity contribution in [3.8, 4) is 0 Å². The maximum absolute atomic E-state index is 12.3. The SMILES string of the molecule is CC(Cc1ccc(Br)cc1)NC(=O)[C@@H]1CCC[C@@H]1CN.Cl. The van der Waals surface area contributed by atoms with Gasteiger partial charge in [0.2, 0.25) is 5.91 Å². The first-order valence-electron chi connectivity index (χ1n) is 7.35. The van der Waals surface area contributed by atoms with Gasteiger partial charge in [-0.2, -0.15) is 0 Å². The van der Waals surface area contributed by atoms with E-state index in [-0.39, 0.29) is 30.3 Å². The van der Waals surface area contributed by atoms with Crippen molar-refractivity contribution in [1.82, 2.24) is 5.32 Å². The highest BCUT2D eigenvalue weighted by molar-refractivity contribution is 9.10. The van der Waals surface area contributed by atoms with E-state index in [1.165, 1.54) is 5.56 Å². The summed E-state index contributed by atoms with van der Waals surface area (Å²) in [7, 11) is 0. The van der Waals surface area contributed by atoms with Gasteiger partial charge in [-0.3, -0.25) is 4.79 Å². The summed E-state index contributed by atoms with van der Waals surface area (Å²) in [6, 6.07) is 8.40. The lowest BCUT2D eigenvalue weighted by atomic mass is 9.95. The number of nitrogens with two attached hydrogens (primary N) is 1. The number of halogens is 2. The van der Waals surface area contributed by atoms with Gasteiger partial charge >= 0.3 is 0 Å². The van der Waals surface area contributed by atoms with Crippen LogP contribution in [0.2, 0.25) is 0 Å². The summed E-state index contributed by atoms with van der Waals surface area (Å²) in [6.45, 7) is 2.69. The van der Waals surface area contributed by atoms with Gasteiger partial charge in [0.1, 0.15) is 0 Å². The molecule has 118 valence electrons. The van der Waals surface area contributed by atoms with E-state index in [0.29, 0.717) is 12.5 Å². The van der Waals surface area contributed by atoms with E-state index in [2.05, 4.69) is 40.3 Å². The standard InChI is InChI=1S/C16H23BrN2O.ClH/c1-11(9-12-5-7-14(17)8-6-12)19-16(20)15-4-2-3-13(15)10-18;/h5-8,11,13,15H,2-4,9-10,18H2,1H3,(H,19,20);1H/t11?,13-,15-;/m1./s1. The Balaban J connectivity index is 0.00000220. The van der Waals surface area contributed by atoms with E-state index in [1.54, 1.807) is 0 Å². The number of rotatable bonds is 5. The summed E-state index contributed by atoms with van der Waals surface area (Å²) in [4.78, 5) is 12.3. The van der Waals surface area contributed by atoms with E-state index in [0.717, 1.165) is 30.2 Å². The number of carbonyl (C=O) groups excluding carboxylic acids is 1. The Morgan fingerprint density at radius 2 is 2.05 bits per heavy atom. The number of benzene rings is 1. The topological polar surface area (TPSA) is 55.1 Å². The monoisotopic (exact) mass is 374 g/mol. The van der Waals surface area contributed by atoms with Crippen LogP contribution in [0.4, 0.5) is 0 Å². The van der Waals surface area contributed by atoms with Gasteiger partial charge in [0.15, 0.2) is 0 Å². The minimum absolute atomic E-state index is 0. The van der Waals surface area contributed by atoms with Crippen LogP contribution in [0.15, 0.2) is 28.7 Å². The van der Waals surface area contributed by atoms with Gasteiger partial charge in [-0.05, 0) is 56.3 Å². The molecule has 1 saturated carbocycles. The molecule has 3 N–H and O–H groups in total. The zero-order valence-electron chi connectivity index (χ0n) is 12.3. The lowest BCUT2D eigenvalue weighted by Crippen LogP contribution is -2.40. The van der Waals surface area contributed by atoms with Crippen LogP contribution >= 0.6 is 28.3 Å². The molecule has 0 spiro atoms. The molecule has 3 nitrogen and oxygen atoms in total. The maximum atomic E-state index is 12.3. The molecule has 1 fully saturated rings. The molecule has 0 radical (unpaired) electrons. The van der Waals surface area contributed by atoms with Crippen LogP contribution in [0.5, 0.6) is 0 Å². The molecule has 0 heterocycles. The minimum atomic E-state index is 0. The fourth-order valence-corrected chi connectivity index (χ4v) is 3.30. The molecule has 0 bridgehead atoms. The van der Waals surface area contributed by atoms with Crippen molar-refractivity contribution in [1.29, 1.82) is 0 Å². The first-order valence-corrected chi connectivity index (χ1v) is 8.14. The lowest BCUT2D eigenvalue weighted by molar-refractivity contribution is -0.126. The van der Waals surface area contributed by atoms with Crippen LogP contribution < -0.4 is 11.1 Å². The van der Waals surface area contributed by atoms with Gasteiger partial charge < -0.3 is 11.1 Å². The predicted octanol–water partition coefficient (Wildman–Crippen LogP) is 3.29. The smallest absolute Gasteiger partial charge is 0.223 e. The van der Waals surface area contributed by atoms with Crippen LogP contribution in [0.3, 0.4) is 0 Å². The van der Waals surface area contributed by atoms with Crippen LogP contribution in [0.1, 0.15) is 31.7 Å². The Morgan fingerprint density at radius 3 is 2.67 bits per heavy atom. The summed E-state index contributed by atoms with van der Waals surface area (Å²) in [5.41, 5.74) is 6.98. The largest absolute Gasteiger partial charge is 0.353 e. The molecule has 1 aromatic rings. The first-order chi connectivity index (χ1) is 9.60. The lowest BCUT2D eigenvalue weighted by Gasteiger charge is -2.21. The third-order valence-corrected chi connectivity index (χ3v) is 4.67. The highest BCUT2D eigenvalue weighted by atomic mass is 79.9. The normalized spacial score (nSPS) is 22.4. The van der Waals surface area contributed by atoms with Crippen molar-refractivity contribution in [2.24, 2.45) is 17.6 Å². The van der Waals surface area contributed by atoms with Crippen molar-refractivity contribution in [3.05, 3.63) is 34.3 Å². The van der Waals surface area contributed by atoms with Crippen molar-refractivity contribution >= 4 is 34.2 Å². The summed E-state index contributed by atoms with van der Waals surface area (Å²) in [6.07, 6.45) is 4.06. The Morgan fingerprint density at radius 1 is 1.38 bits per heavy atom. The number of amides is 1. The Bertz CT molecular complexity index is 452. The van der Waals surface area contributed by atoms with Gasteiger partial charge in [0.05, 0.1) is 0 Å². The van der Waals surface area contributed by atoms with Gasteiger partial charge in [-0.15, -0.1) is 12.4 Å². The van der Waals surface area contributed by atoms with E-state index >= 15 is 0 Å². The highest BCUT2D eigenvalue weighted by Crippen LogP contribution is 2.31. The summed E-state index contributed by atoms with van der Waals surface area (Å²) in [5.74, 6) is 0.671. The Labute approximate surface area is 141 Å². The van der Waals surface area contributed by atoms with Gasteiger partial charge in [0, 0.05) is 16.4 Å². The second-order valence-electron chi connectivity index (χ2n) is 5.77. The van der Waals surface area contributed by atoms with E-state index in [1.807, 2.05) is 12.1 Å². The molecule has 0 aliphatic heterocycles. The van der Waals surface area contributed by atoms with Crippen molar-refractivity contribution < 1.29 is 4.79 Å². The molecule has 1 aromatic carbocycles. The summed E-state index contributed by atoms with van der Waals surface area (Å²) in [5, 5.41) is 3.14. The van der Waals surface area contributed by atoms with Crippen molar-refractivity contribution in [3.63, 3.8) is 0 Å². The molecule has 5 heteroatoms. The second-order valence-corrected chi connectivity index (χ2v) is 6.69. The zero-order valence-corrected chi connectivity index (χ0v) is 14.8. The molecular formula is C16H24BrClN2O. The van der Waals surface area contributed by atoms with Gasteiger partial charge in [-0.25, -0.2) is 0 Å². The molecule has 0 aromatic heterocycles. The highest BCUT2D eigenvalue weighted by Gasteiger charge is 2.32. The average molecular weight is 376 g/mol. The molecule has 0 saturated heterocycles. The quantitative estimate of drug-likeness (QED) is 0.829. The molecule has 2 rings (SSSR count). The Kier molecular flexibility index (Phi) is 7.71. The first kappa shape index (κ1) is 18.5. The van der Waals surface area contributed by atoms with Gasteiger partial charge in [-0.1, -0.05) is 34.5 Å². The third kappa shape index (κ3) is 5.28. The fourth-order valence-electron chi connectivity index (χ4n) is 3.04. The van der Waals surface area contributed by atoms with Crippen LogP contribution in [-0.2, 0) is 11.2 Å². The second kappa shape index (κ2) is 8.76. The molecule has 1 amide bonds. The maximum Gasteiger partial charge on any atom is 0.223 e. The third-order valence-electron chi connectivity index (χ3n) is 4.14. The van der Waals surface area contributed by atoms with Crippen LogP contribution in [0.25, 0.3) is 0 Å². The van der Waals surface area contributed by atoms with Crippen molar-refractivity contribution in [2.45, 2.75) is 38.6 Å². The number of carbonyl (C=O) groups is 1. The van der Waals surface area contributed by atoms with E-state index in [9.17, 15) is 4.79 Å². The molecule has 1 aliphatic carbocycles. The van der Waals surface area contributed by atoms with Crippen LogP contribution in [-0.4, -0.2) is 18.5 Å². The minimum Gasteiger partial charge on any atom is -0.353 e. The summed E-state index contributed by atoms with van der Waals surface area (Å²) >= 11 is 3.43. The van der Waals surface area contributed by atoms with Gasteiger partial charge in [0.25, 0.3) is 0 Å². The van der Waals surface area contributed by atoms with Crippen LogP contribution in [0, 0.1) is 11.8 Å². The number of nitrogens with one attached hydrogen (secondary N) is 1. The predicted molar refractivity (Wildman–Crippen MR) is 92.6 cm³/mol. The molecule has 3 atom stereocenters. The number of hydrogen-bond acceptors (Lipinski definition) is 2. The Hall–Kier alpha value is -0.580. The molecule has 1 unspecified atom stereocenters. The summed E-state index contributed by atoms with van der Waals surface area (Å²) < 4.78 is 1.08.